The molecule has 8 nitrogen and oxygen atoms in total. The Balaban J connectivity index is 1.73. The van der Waals surface area contributed by atoms with Gasteiger partial charge in [-0.3, -0.25) is 9.52 Å². The lowest BCUT2D eigenvalue weighted by Gasteiger charge is -2.08. The maximum absolute atomic E-state index is 12.2. The van der Waals surface area contributed by atoms with Crippen LogP contribution in [0.2, 0.25) is 0 Å². The van der Waals surface area contributed by atoms with E-state index in [1.54, 1.807) is 42.5 Å². The predicted molar refractivity (Wildman–Crippen MR) is 107 cm³/mol. The highest BCUT2D eigenvalue weighted by atomic mass is 32.2. The van der Waals surface area contributed by atoms with Crippen LogP contribution in [0.1, 0.15) is 17.3 Å². The van der Waals surface area contributed by atoms with Crippen molar-refractivity contribution in [3.8, 4) is 0 Å². The lowest BCUT2D eigenvalue weighted by molar-refractivity contribution is 0.101. The fourth-order valence-corrected chi connectivity index (χ4v) is 4.05. The van der Waals surface area contributed by atoms with E-state index in [0.717, 1.165) is 22.3 Å². The van der Waals surface area contributed by atoms with E-state index in [4.69, 9.17) is 0 Å². The van der Waals surface area contributed by atoms with Crippen LogP contribution in [-0.4, -0.2) is 31.5 Å². The van der Waals surface area contributed by atoms with Gasteiger partial charge in [0.15, 0.2) is 10.9 Å². The Morgan fingerprint density at radius 2 is 1.74 bits per heavy atom. The van der Waals surface area contributed by atoms with Crippen LogP contribution in [0.5, 0.6) is 0 Å². The smallest absolute Gasteiger partial charge is 0.308 e. The molecule has 3 N–H and O–H groups in total. The first-order valence-corrected chi connectivity index (χ1v) is 10.5. The van der Waals surface area contributed by atoms with E-state index >= 15 is 0 Å². The van der Waals surface area contributed by atoms with E-state index in [-0.39, 0.29) is 10.9 Å². The molecule has 2 amide bonds. The number of thiazole rings is 1. The van der Waals surface area contributed by atoms with Gasteiger partial charge in [-0.2, -0.15) is 0 Å². The van der Waals surface area contributed by atoms with E-state index in [1.165, 1.54) is 6.92 Å². The van der Waals surface area contributed by atoms with Crippen molar-refractivity contribution < 1.29 is 18.0 Å². The number of Topliss-reactive ketones (excluding diaryl/α,β-unsaturated/α-hetero) is 1. The number of anilines is 3. The van der Waals surface area contributed by atoms with Crippen molar-refractivity contribution >= 4 is 59.9 Å². The van der Waals surface area contributed by atoms with Crippen molar-refractivity contribution in [1.82, 2.24) is 4.98 Å². The molecule has 0 radical (unpaired) electrons. The van der Waals surface area contributed by atoms with Gasteiger partial charge in [-0.25, -0.2) is 18.2 Å². The van der Waals surface area contributed by atoms with Gasteiger partial charge in [0.2, 0.25) is 10.0 Å². The number of benzene rings is 2. The Morgan fingerprint density at radius 3 is 2.41 bits per heavy atom. The molecule has 3 aromatic rings. The second-order valence-corrected chi connectivity index (χ2v) is 8.57. The molecular weight excluding hydrogens is 388 g/mol. The summed E-state index contributed by atoms with van der Waals surface area (Å²) >= 11 is 1.16. The summed E-state index contributed by atoms with van der Waals surface area (Å²) in [6.07, 6.45) is 1.05. The second-order valence-electron chi connectivity index (χ2n) is 5.79. The molecule has 0 saturated heterocycles. The van der Waals surface area contributed by atoms with Crippen LogP contribution >= 0.6 is 11.3 Å². The minimum absolute atomic E-state index is 0.0896. The standard InChI is InChI=1S/C17H16N4O4S2/c1-10(22)11-4-3-5-12(8-11)18-16(23)19-13-6-7-14-15(9-13)26-17(20-14)21-27(2,24)25/h3-9H,1-2H3,(H,20,21)(H2,18,19,23). The molecule has 0 aliphatic heterocycles. The number of hydrogen-bond acceptors (Lipinski definition) is 6. The zero-order valence-electron chi connectivity index (χ0n) is 14.4. The average Bonchev–Trinajstić information content (AvgIpc) is 2.94. The van der Waals surface area contributed by atoms with Gasteiger partial charge in [-0.05, 0) is 37.3 Å². The number of fused-ring (bicyclic) bond motifs is 1. The zero-order valence-corrected chi connectivity index (χ0v) is 16.1. The highest BCUT2D eigenvalue weighted by molar-refractivity contribution is 7.92. The summed E-state index contributed by atoms with van der Waals surface area (Å²) in [6, 6.07) is 11.2. The quantitative estimate of drug-likeness (QED) is 0.563. The van der Waals surface area contributed by atoms with Crippen LogP contribution in [0.15, 0.2) is 42.5 Å². The van der Waals surface area contributed by atoms with Crippen molar-refractivity contribution in [2.45, 2.75) is 6.92 Å². The summed E-state index contributed by atoms with van der Waals surface area (Å²) in [4.78, 5) is 27.8. The van der Waals surface area contributed by atoms with Crippen LogP contribution < -0.4 is 15.4 Å². The lowest BCUT2D eigenvalue weighted by Crippen LogP contribution is -2.19. The van der Waals surface area contributed by atoms with Gasteiger partial charge in [0.05, 0.1) is 16.5 Å². The van der Waals surface area contributed by atoms with Gasteiger partial charge in [0, 0.05) is 16.9 Å². The summed E-state index contributed by atoms with van der Waals surface area (Å²) in [7, 11) is -3.40. The van der Waals surface area contributed by atoms with Crippen LogP contribution in [0, 0.1) is 0 Å². The fourth-order valence-electron chi connectivity index (χ4n) is 2.31. The number of nitrogens with zero attached hydrogens (tertiary/aromatic N) is 1. The molecule has 1 aromatic heterocycles. The van der Waals surface area contributed by atoms with Crippen LogP contribution in [0.25, 0.3) is 10.2 Å². The number of carbonyl (C=O) groups is 2. The first-order chi connectivity index (χ1) is 12.7. The summed E-state index contributed by atoms with van der Waals surface area (Å²) in [5.41, 5.74) is 2.15. The lowest BCUT2D eigenvalue weighted by atomic mass is 10.1. The van der Waals surface area contributed by atoms with Gasteiger partial charge < -0.3 is 10.6 Å². The van der Waals surface area contributed by atoms with E-state index in [2.05, 4.69) is 20.3 Å². The van der Waals surface area contributed by atoms with E-state index < -0.39 is 16.1 Å². The van der Waals surface area contributed by atoms with Crippen molar-refractivity contribution in [2.24, 2.45) is 0 Å². The second kappa shape index (κ2) is 7.33. The maximum atomic E-state index is 12.2. The Labute approximate surface area is 159 Å². The number of sulfonamides is 1. The molecule has 140 valence electrons. The molecular formula is C17H16N4O4S2. The van der Waals surface area contributed by atoms with E-state index in [0.29, 0.717) is 22.5 Å². The summed E-state index contributed by atoms with van der Waals surface area (Å²) < 4.78 is 25.6. The third-order valence-electron chi connectivity index (χ3n) is 3.45. The van der Waals surface area contributed by atoms with Crippen LogP contribution in [0.4, 0.5) is 21.3 Å². The normalized spacial score (nSPS) is 11.2. The monoisotopic (exact) mass is 404 g/mol. The molecule has 0 spiro atoms. The SMILES string of the molecule is CC(=O)c1cccc(NC(=O)Nc2ccc3nc(NS(C)(=O)=O)sc3c2)c1. The van der Waals surface area contributed by atoms with Crippen molar-refractivity contribution in [2.75, 3.05) is 21.6 Å². The number of carbonyl (C=O) groups excluding carboxylic acids is 2. The number of ketones is 1. The molecule has 0 unspecified atom stereocenters. The largest absolute Gasteiger partial charge is 0.323 e. The Kier molecular flexibility index (Phi) is 5.10. The van der Waals surface area contributed by atoms with E-state index in [1.807, 2.05) is 0 Å². The molecule has 0 fully saturated rings. The molecule has 3 rings (SSSR count). The molecule has 0 atom stereocenters. The van der Waals surface area contributed by atoms with Crippen molar-refractivity contribution in [1.29, 1.82) is 0 Å². The number of nitrogens with one attached hydrogen (secondary N) is 3. The average molecular weight is 404 g/mol. The Morgan fingerprint density at radius 1 is 1.04 bits per heavy atom. The third kappa shape index (κ3) is 5.02. The first kappa shape index (κ1) is 18.8. The minimum Gasteiger partial charge on any atom is -0.308 e. The first-order valence-electron chi connectivity index (χ1n) is 7.77. The topological polar surface area (TPSA) is 117 Å². The number of amides is 2. The minimum atomic E-state index is -3.40. The number of rotatable bonds is 5. The van der Waals surface area contributed by atoms with E-state index in [9.17, 15) is 18.0 Å². The maximum Gasteiger partial charge on any atom is 0.323 e. The summed E-state index contributed by atoms with van der Waals surface area (Å²) in [5, 5.41) is 5.62. The van der Waals surface area contributed by atoms with Crippen LogP contribution in [0.3, 0.4) is 0 Å². The Hall–Kier alpha value is -2.98. The van der Waals surface area contributed by atoms with Crippen molar-refractivity contribution in [3.63, 3.8) is 0 Å². The van der Waals surface area contributed by atoms with Gasteiger partial charge in [0.25, 0.3) is 0 Å². The van der Waals surface area contributed by atoms with Gasteiger partial charge in [-0.15, -0.1) is 0 Å². The molecule has 1 heterocycles. The highest BCUT2D eigenvalue weighted by Gasteiger charge is 2.10. The molecule has 10 heteroatoms. The number of aromatic nitrogens is 1. The van der Waals surface area contributed by atoms with Gasteiger partial charge >= 0.3 is 6.03 Å². The van der Waals surface area contributed by atoms with Crippen molar-refractivity contribution in [3.05, 3.63) is 48.0 Å². The number of urea groups is 1. The predicted octanol–water partition coefficient (Wildman–Crippen LogP) is 3.51. The van der Waals surface area contributed by atoms with Gasteiger partial charge in [0.1, 0.15) is 0 Å². The molecule has 0 saturated carbocycles. The fraction of sp³-hybridized carbons (Fsp3) is 0.118. The molecule has 2 aromatic carbocycles. The van der Waals surface area contributed by atoms with Gasteiger partial charge in [-0.1, -0.05) is 23.5 Å². The summed E-state index contributed by atoms with van der Waals surface area (Å²) in [6.45, 7) is 1.45. The highest BCUT2D eigenvalue weighted by Crippen LogP contribution is 2.29. The zero-order chi connectivity index (χ0) is 19.6. The molecule has 0 aliphatic rings. The number of hydrogen-bond donors (Lipinski definition) is 3. The van der Waals surface area contributed by atoms with Crippen LogP contribution in [-0.2, 0) is 10.0 Å². The Bertz CT molecular complexity index is 1140. The summed E-state index contributed by atoms with van der Waals surface area (Å²) in [5.74, 6) is -0.0896. The molecule has 27 heavy (non-hydrogen) atoms. The molecule has 0 bridgehead atoms. The molecule has 0 aliphatic carbocycles. The third-order valence-corrected chi connectivity index (χ3v) is 5.07.